The zero-order chi connectivity index (χ0) is 19.5. The molecule has 0 radical (unpaired) electrons. The lowest BCUT2D eigenvalue weighted by atomic mass is 10.1. The van der Waals surface area contributed by atoms with Crippen LogP contribution in [0.3, 0.4) is 0 Å². The molecule has 5 heteroatoms. The number of benzene rings is 1. The number of carbonyl (C=O) groups is 2. The van der Waals surface area contributed by atoms with Crippen molar-refractivity contribution in [2.24, 2.45) is 0 Å². The van der Waals surface area contributed by atoms with Crippen molar-refractivity contribution < 1.29 is 19.8 Å². The van der Waals surface area contributed by atoms with Crippen LogP contribution >= 0.6 is 0 Å². The van der Waals surface area contributed by atoms with Crippen LogP contribution in [0.1, 0.15) is 50.5 Å². The standard InChI is InChI=1S/C22H27NO4/c24-20(14-11-18-8-4-3-5-9-18)15-12-19-13-16-21(25)23(19)17-7-2-1-6-10-22(26)27/h3-5,8-9,12,15,19-20,24H,1-2,6-7,10,13,16-17H2,(H,26,27)/b15-12+. The van der Waals surface area contributed by atoms with Crippen molar-refractivity contribution >= 4 is 11.9 Å². The van der Waals surface area contributed by atoms with Crippen molar-refractivity contribution in [3.05, 3.63) is 48.0 Å². The molecule has 2 rings (SSSR count). The summed E-state index contributed by atoms with van der Waals surface area (Å²) in [4.78, 5) is 24.4. The third-order valence-electron chi connectivity index (χ3n) is 4.57. The Labute approximate surface area is 160 Å². The molecule has 2 atom stereocenters. The molecule has 1 saturated heterocycles. The van der Waals surface area contributed by atoms with Crippen molar-refractivity contribution in [1.29, 1.82) is 0 Å². The highest BCUT2D eigenvalue weighted by molar-refractivity contribution is 5.79. The summed E-state index contributed by atoms with van der Waals surface area (Å²) < 4.78 is 0. The van der Waals surface area contributed by atoms with E-state index >= 15 is 0 Å². The third-order valence-corrected chi connectivity index (χ3v) is 4.57. The van der Waals surface area contributed by atoms with E-state index in [1.807, 2.05) is 41.3 Å². The van der Waals surface area contributed by atoms with Gasteiger partial charge in [-0.1, -0.05) is 49.0 Å². The minimum atomic E-state index is -0.862. The Morgan fingerprint density at radius 1 is 1.22 bits per heavy atom. The number of amides is 1. The summed E-state index contributed by atoms with van der Waals surface area (Å²) in [6.45, 7) is 0.673. The van der Waals surface area contributed by atoms with Crippen LogP contribution in [0.15, 0.2) is 42.5 Å². The predicted octanol–water partition coefficient (Wildman–Crippen LogP) is 2.98. The summed E-state index contributed by atoms with van der Waals surface area (Å²) in [5, 5.41) is 18.7. The molecule has 0 spiro atoms. The van der Waals surface area contributed by atoms with E-state index in [-0.39, 0.29) is 18.4 Å². The first-order chi connectivity index (χ1) is 13.1. The molecular formula is C22H27NO4. The first-order valence-electron chi connectivity index (χ1n) is 9.50. The Kier molecular flexibility index (Phi) is 8.60. The number of carboxylic acid groups (broad SMARTS) is 1. The molecule has 1 amide bonds. The van der Waals surface area contributed by atoms with Crippen LogP contribution in [0.2, 0.25) is 0 Å². The smallest absolute Gasteiger partial charge is 0.303 e. The second kappa shape index (κ2) is 11.2. The van der Waals surface area contributed by atoms with Gasteiger partial charge in [0, 0.05) is 24.9 Å². The van der Waals surface area contributed by atoms with Crippen LogP contribution in [-0.4, -0.2) is 45.7 Å². The van der Waals surface area contributed by atoms with E-state index in [2.05, 4.69) is 11.8 Å². The predicted molar refractivity (Wildman–Crippen MR) is 104 cm³/mol. The fourth-order valence-electron chi connectivity index (χ4n) is 3.12. The molecule has 1 aliphatic heterocycles. The Hall–Kier alpha value is -2.58. The first-order valence-corrected chi connectivity index (χ1v) is 9.50. The van der Waals surface area contributed by atoms with E-state index in [9.17, 15) is 14.7 Å². The highest BCUT2D eigenvalue weighted by Crippen LogP contribution is 2.21. The van der Waals surface area contributed by atoms with E-state index in [0.29, 0.717) is 19.4 Å². The zero-order valence-corrected chi connectivity index (χ0v) is 15.5. The molecule has 0 bridgehead atoms. The summed E-state index contributed by atoms with van der Waals surface area (Å²) in [6.07, 6.45) is 7.48. The molecular weight excluding hydrogens is 342 g/mol. The van der Waals surface area contributed by atoms with Gasteiger partial charge in [-0.2, -0.15) is 0 Å². The molecule has 144 valence electrons. The second-order valence-corrected chi connectivity index (χ2v) is 6.72. The molecule has 2 N–H and O–H groups in total. The zero-order valence-electron chi connectivity index (χ0n) is 15.5. The lowest BCUT2D eigenvalue weighted by Crippen LogP contribution is -2.32. The SMILES string of the molecule is O=C(O)CCCCCCN1C(=O)CCC1/C=C/C(O)C#Cc1ccccc1. The normalized spacial score (nSPS) is 17.7. The fourth-order valence-corrected chi connectivity index (χ4v) is 3.12. The first kappa shape index (κ1) is 20.7. The number of rotatable bonds is 9. The van der Waals surface area contributed by atoms with Crippen LogP contribution in [0.25, 0.3) is 0 Å². The van der Waals surface area contributed by atoms with Gasteiger partial charge in [-0.15, -0.1) is 0 Å². The maximum atomic E-state index is 12.1. The Balaban J connectivity index is 1.78. The number of hydrogen-bond donors (Lipinski definition) is 2. The summed E-state index contributed by atoms with van der Waals surface area (Å²) in [7, 11) is 0. The van der Waals surface area contributed by atoms with E-state index in [4.69, 9.17) is 5.11 Å². The molecule has 1 aromatic carbocycles. The Morgan fingerprint density at radius 2 is 1.96 bits per heavy atom. The number of aliphatic carboxylic acids is 1. The average molecular weight is 369 g/mol. The van der Waals surface area contributed by atoms with Crippen LogP contribution in [0.5, 0.6) is 0 Å². The van der Waals surface area contributed by atoms with E-state index in [0.717, 1.165) is 31.2 Å². The Bertz CT molecular complexity index is 702. The van der Waals surface area contributed by atoms with Gasteiger partial charge >= 0.3 is 5.97 Å². The van der Waals surface area contributed by atoms with Gasteiger partial charge in [0.05, 0.1) is 6.04 Å². The molecule has 0 saturated carbocycles. The summed E-state index contributed by atoms with van der Waals surface area (Å²) in [5.74, 6) is 5.10. The summed E-state index contributed by atoms with van der Waals surface area (Å²) in [5.41, 5.74) is 0.852. The molecule has 0 aromatic heterocycles. The number of hydrogen-bond acceptors (Lipinski definition) is 3. The largest absolute Gasteiger partial charge is 0.481 e. The van der Waals surface area contributed by atoms with Crippen LogP contribution in [0.4, 0.5) is 0 Å². The molecule has 5 nitrogen and oxygen atoms in total. The summed E-state index contributed by atoms with van der Waals surface area (Å²) in [6, 6.07) is 9.49. The van der Waals surface area contributed by atoms with E-state index in [1.165, 1.54) is 0 Å². The van der Waals surface area contributed by atoms with Crippen molar-refractivity contribution in [2.75, 3.05) is 6.54 Å². The molecule has 1 heterocycles. The van der Waals surface area contributed by atoms with Gasteiger partial charge in [-0.3, -0.25) is 9.59 Å². The maximum absolute atomic E-state index is 12.1. The topological polar surface area (TPSA) is 77.8 Å². The van der Waals surface area contributed by atoms with Crippen molar-refractivity contribution in [3.63, 3.8) is 0 Å². The van der Waals surface area contributed by atoms with Crippen LogP contribution < -0.4 is 0 Å². The number of carbonyl (C=O) groups excluding carboxylic acids is 1. The van der Waals surface area contributed by atoms with Gasteiger partial charge in [-0.05, 0) is 37.5 Å². The Morgan fingerprint density at radius 3 is 2.70 bits per heavy atom. The molecule has 1 fully saturated rings. The van der Waals surface area contributed by atoms with Crippen molar-refractivity contribution in [2.45, 2.75) is 57.1 Å². The third kappa shape index (κ3) is 7.67. The number of unbranched alkanes of at least 4 members (excludes halogenated alkanes) is 3. The number of aliphatic hydroxyl groups is 1. The van der Waals surface area contributed by atoms with Gasteiger partial charge in [0.15, 0.2) is 0 Å². The molecule has 2 unspecified atom stereocenters. The van der Waals surface area contributed by atoms with Crippen molar-refractivity contribution in [3.8, 4) is 11.8 Å². The minimum absolute atomic E-state index is 0.00435. The lowest BCUT2D eigenvalue weighted by Gasteiger charge is -2.22. The quantitative estimate of drug-likeness (QED) is 0.398. The molecule has 27 heavy (non-hydrogen) atoms. The molecule has 1 aliphatic rings. The van der Waals surface area contributed by atoms with Gasteiger partial charge in [0.1, 0.15) is 6.10 Å². The summed E-state index contributed by atoms with van der Waals surface area (Å²) >= 11 is 0. The molecule has 1 aromatic rings. The van der Waals surface area contributed by atoms with Gasteiger partial charge in [0.2, 0.25) is 5.91 Å². The van der Waals surface area contributed by atoms with Crippen LogP contribution in [0, 0.1) is 11.8 Å². The monoisotopic (exact) mass is 369 g/mol. The van der Waals surface area contributed by atoms with E-state index < -0.39 is 12.1 Å². The van der Waals surface area contributed by atoms with Crippen LogP contribution in [-0.2, 0) is 9.59 Å². The minimum Gasteiger partial charge on any atom is -0.481 e. The number of nitrogens with zero attached hydrogens (tertiary/aromatic N) is 1. The van der Waals surface area contributed by atoms with E-state index in [1.54, 1.807) is 6.08 Å². The second-order valence-electron chi connectivity index (χ2n) is 6.72. The van der Waals surface area contributed by atoms with Gasteiger partial charge in [0.25, 0.3) is 0 Å². The number of carboxylic acids is 1. The maximum Gasteiger partial charge on any atom is 0.303 e. The van der Waals surface area contributed by atoms with Gasteiger partial charge in [-0.25, -0.2) is 0 Å². The van der Waals surface area contributed by atoms with Gasteiger partial charge < -0.3 is 15.1 Å². The fraction of sp³-hybridized carbons (Fsp3) is 0.455. The number of aliphatic hydroxyl groups excluding tert-OH is 1. The molecule has 0 aliphatic carbocycles. The highest BCUT2D eigenvalue weighted by Gasteiger charge is 2.28. The highest BCUT2D eigenvalue weighted by atomic mass is 16.4. The number of likely N-dealkylation sites (tertiary alicyclic amines) is 1. The average Bonchev–Trinajstić information content (AvgIpc) is 3.01. The van der Waals surface area contributed by atoms with Crippen molar-refractivity contribution in [1.82, 2.24) is 4.90 Å². The lowest BCUT2D eigenvalue weighted by molar-refractivity contribution is -0.137.